The Kier molecular flexibility index (Phi) is 6.41. The van der Waals surface area contributed by atoms with Gasteiger partial charge < -0.3 is 14.9 Å². The Hall–Kier alpha value is -0.160. The van der Waals surface area contributed by atoms with Gasteiger partial charge in [-0.3, -0.25) is 4.90 Å². The van der Waals surface area contributed by atoms with Crippen molar-refractivity contribution in [2.45, 2.75) is 20.0 Å². The molecular weight excluding hydrogens is 214 g/mol. The summed E-state index contributed by atoms with van der Waals surface area (Å²) < 4.78 is 0. The van der Waals surface area contributed by atoms with E-state index < -0.39 is 0 Å². The molecule has 0 aliphatic carbocycles. The molecule has 0 radical (unpaired) electrons. The summed E-state index contributed by atoms with van der Waals surface area (Å²) in [7, 11) is 4.25. The average Bonchev–Trinajstić information content (AvgIpc) is 2.19. The molecule has 1 heterocycles. The number of hydrogen-bond donors (Lipinski definition) is 1. The second kappa shape index (κ2) is 7.31. The van der Waals surface area contributed by atoms with Crippen molar-refractivity contribution in [1.29, 1.82) is 0 Å². The molecule has 0 bridgehead atoms. The van der Waals surface area contributed by atoms with Crippen LogP contribution in [0.5, 0.6) is 0 Å². The van der Waals surface area contributed by atoms with E-state index in [4.69, 9.17) is 0 Å². The first-order valence-corrected chi connectivity index (χ1v) is 6.75. The van der Waals surface area contributed by atoms with Gasteiger partial charge in [0.2, 0.25) is 0 Å². The molecular formula is C13H29N3O. The van der Waals surface area contributed by atoms with Crippen LogP contribution in [0.15, 0.2) is 0 Å². The Morgan fingerprint density at radius 3 is 2.24 bits per heavy atom. The fourth-order valence-corrected chi connectivity index (χ4v) is 2.44. The lowest BCUT2D eigenvalue weighted by Crippen LogP contribution is -2.48. The quantitative estimate of drug-likeness (QED) is 0.721. The van der Waals surface area contributed by atoms with E-state index in [1.807, 2.05) is 0 Å². The van der Waals surface area contributed by atoms with Crippen LogP contribution in [0.3, 0.4) is 0 Å². The second-order valence-electron chi connectivity index (χ2n) is 5.87. The molecule has 102 valence electrons. The van der Waals surface area contributed by atoms with Gasteiger partial charge in [-0.05, 0) is 20.0 Å². The molecule has 1 saturated heterocycles. The van der Waals surface area contributed by atoms with Gasteiger partial charge >= 0.3 is 0 Å². The van der Waals surface area contributed by atoms with Gasteiger partial charge in [0.1, 0.15) is 0 Å². The predicted octanol–water partition coefficient (Wildman–Crippen LogP) is 0.183. The lowest BCUT2D eigenvalue weighted by atomic mass is 10.2. The largest absolute Gasteiger partial charge is 0.390 e. The number of rotatable bonds is 6. The first-order chi connectivity index (χ1) is 7.97. The van der Waals surface area contributed by atoms with Crippen molar-refractivity contribution in [2.24, 2.45) is 5.92 Å². The van der Waals surface area contributed by atoms with Crippen LogP contribution in [-0.2, 0) is 0 Å². The van der Waals surface area contributed by atoms with Crippen molar-refractivity contribution >= 4 is 0 Å². The number of β-amino-alcohol motifs (C(OH)–C–C–N with tert-alkyl or cyclic N) is 1. The zero-order valence-electron chi connectivity index (χ0n) is 11.9. The van der Waals surface area contributed by atoms with E-state index >= 15 is 0 Å². The third-order valence-corrected chi connectivity index (χ3v) is 3.26. The molecule has 0 aromatic heterocycles. The third kappa shape index (κ3) is 6.36. The zero-order valence-corrected chi connectivity index (χ0v) is 11.9. The van der Waals surface area contributed by atoms with Gasteiger partial charge in [0, 0.05) is 45.8 Å². The number of hydrogen-bond acceptors (Lipinski definition) is 4. The summed E-state index contributed by atoms with van der Waals surface area (Å²) in [6, 6.07) is 0. The summed E-state index contributed by atoms with van der Waals surface area (Å²) in [6.07, 6.45) is -0.220. The van der Waals surface area contributed by atoms with E-state index in [0.29, 0.717) is 5.92 Å². The van der Waals surface area contributed by atoms with Crippen LogP contribution in [0.2, 0.25) is 0 Å². The minimum atomic E-state index is -0.220. The maximum Gasteiger partial charge on any atom is 0.0793 e. The maximum absolute atomic E-state index is 10.1. The van der Waals surface area contributed by atoms with Gasteiger partial charge in [0.05, 0.1) is 6.10 Å². The molecule has 1 unspecified atom stereocenters. The zero-order chi connectivity index (χ0) is 12.8. The minimum absolute atomic E-state index is 0.220. The van der Waals surface area contributed by atoms with Crippen molar-refractivity contribution < 1.29 is 5.11 Å². The molecule has 0 saturated carbocycles. The number of aliphatic hydroxyl groups excluding tert-OH is 1. The van der Waals surface area contributed by atoms with E-state index in [2.05, 4.69) is 42.6 Å². The Labute approximate surface area is 106 Å². The van der Waals surface area contributed by atoms with Crippen LogP contribution in [0.1, 0.15) is 13.8 Å². The second-order valence-corrected chi connectivity index (χ2v) is 5.87. The molecule has 1 atom stereocenters. The lowest BCUT2D eigenvalue weighted by Gasteiger charge is -2.34. The first kappa shape index (κ1) is 14.9. The van der Waals surface area contributed by atoms with E-state index in [-0.39, 0.29) is 6.10 Å². The smallest absolute Gasteiger partial charge is 0.0793 e. The topological polar surface area (TPSA) is 30.0 Å². The molecule has 1 aliphatic rings. The lowest BCUT2D eigenvalue weighted by molar-refractivity contribution is 0.0587. The van der Waals surface area contributed by atoms with E-state index in [9.17, 15) is 5.11 Å². The molecule has 1 aliphatic heterocycles. The highest BCUT2D eigenvalue weighted by Gasteiger charge is 2.17. The summed E-state index contributed by atoms with van der Waals surface area (Å²) in [5.74, 6) is 0.663. The van der Waals surface area contributed by atoms with E-state index in [1.165, 1.54) is 0 Å². The van der Waals surface area contributed by atoms with Crippen molar-refractivity contribution in [3.8, 4) is 0 Å². The summed E-state index contributed by atoms with van der Waals surface area (Å²) >= 11 is 0. The Balaban J connectivity index is 2.18. The summed E-state index contributed by atoms with van der Waals surface area (Å²) in [5.41, 5.74) is 0. The predicted molar refractivity (Wildman–Crippen MR) is 72.3 cm³/mol. The first-order valence-electron chi connectivity index (χ1n) is 6.75. The molecule has 4 nitrogen and oxygen atoms in total. The molecule has 0 aromatic rings. The van der Waals surface area contributed by atoms with Crippen LogP contribution in [0, 0.1) is 5.92 Å². The van der Waals surface area contributed by atoms with Gasteiger partial charge in [-0.2, -0.15) is 0 Å². The molecule has 0 aromatic carbocycles. The minimum Gasteiger partial charge on any atom is -0.390 e. The van der Waals surface area contributed by atoms with Crippen LogP contribution in [0.4, 0.5) is 0 Å². The van der Waals surface area contributed by atoms with Crippen molar-refractivity contribution in [1.82, 2.24) is 14.7 Å². The third-order valence-electron chi connectivity index (χ3n) is 3.26. The molecule has 0 spiro atoms. The van der Waals surface area contributed by atoms with Crippen molar-refractivity contribution in [3.63, 3.8) is 0 Å². The van der Waals surface area contributed by atoms with Crippen molar-refractivity contribution in [2.75, 3.05) is 59.9 Å². The number of aliphatic hydroxyl groups is 1. The van der Waals surface area contributed by atoms with E-state index in [1.54, 1.807) is 0 Å². The van der Waals surface area contributed by atoms with Gasteiger partial charge in [-0.25, -0.2) is 0 Å². The Morgan fingerprint density at radius 2 is 1.71 bits per heavy atom. The van der Waals surface area contributed by atoms with Gasteiger partial charge in [-0.15, -0.1) is 0 Å². The maximum atomic E-state index is 10.1. The SMILES string of the molecule is CC(C)CN(C)CC(O)CN1CCN(C)CC1. The highest BCUT2D eigenvalue weighted by Crippen LogP contribution is 2.02. The molecule has 1 fully saturated rings. The monoisotopic (exact) mass is 243 g/mol. The summed E-state index contributed by atoms with van der Waals surface area (Å²) in [5, 5.41) is 10.1. The molecule has 0 amide bonds. The van der Waals surface area contributed by atoms with Crippen LogP contribution < -0.4 is 0 Å². The van der Waals surface area contributed by atoms with Crippen LogP contribution in [0.25, 0.3) is 0 Å². The number of nitrogens with zero attached hydrogens (tertiary/aromatic N) is 3. The van der Waals surface area contributed by atoms with Gasteiger partial charge in [0.25, 0.3) is 0 Å². The molecule has 4 heteroatoms. The standard InChI is InChI=1S/C13H29N3O/c1-12(2)9-15(4)10-13(17)11-16-7-5-14(3)6-8-16/h12-13,17H,5-11H2,1-4H3. The van der Waals surface area contributed by atoms with Crippen LogP contribution in [-0.4, -0.2) is 85.8 Å². The Bertz CT molecular complexity index is 203. The average molecular weight is 243 g/mol. The number of piperazine rings is 1. The Morgan fingerprint density at radius 1 is 1.12 bits per heavy atom. The summed E-state index contributed by atoms with van der Waals surface area (Å²) in [4.78, 5) is 6.94. The number of likely N-dealkylation sites (N-methyl/N-ethyl adjacent to an activating group) is 2. The van der Waals surface area contributed by atoms with Gasteiger partial charge in [0.15, 0.2) is 0 Å². The fraction of sp³-hybridized carbons (Fsp3) is 1.00. The molecule has 17 heavy (non-hydrogen) atoms. The van der Waals surface area contributed by atoms with Crippen LogP contribution >= 0.6 is 0 Å². The fourth-order valence-electron chi connectivity index (χ4n) is 2.44. The highest BCUT2D eigenvalue weighted by atomic mass is 16.3. The van der Waals surface area contributed by atoms with E-state index in [0.717, 1.165) is 45.8 Å². The normalized spacial score (nSPS) is 21.4. The molecule has 1 N–H and O–H groups in total. The molecule has 1 rings (SSSR count). The van der Waals surface area contributed by atoms with Gasteiger partial charge in [-0.1, -0.05) is 13.8 Å². The summed E-state index contributed by atoms with van der Waals surface area (Å²) in [6.45, 7) is 11.5. The highest BCUT2D eigenvalue weighted by molar-refractivity contribution is 4.73. The van der Waals surface area contributed by atoms with Crippen molar-refractivity contribution in [3.05, 3.63) is 0 Å².